The van der Waals surface area contributed by atoms with Gasteiger partial charge in [0.2, 0.25) is 0 Å². The van der Waals surface area contributed by atoms with Gasteiger partial charge in [-0.25, -0.2) is 9.80 Å². The molecular formula is C41H30N2O6. The van der Waals surface area contributed by atoms with E-state index in [0.29, 0.717) is 29.9 Å². The molecule has 8 nitrogen and oxygen atoms in total. The van der Waals surface area contributed by atoms with Crippen molar-refractivity contribution in [3.8, 4) is 23.0 Å². The fourth-order valence-corrected chi connectivity index (χ4v) is 6.20. The van der Waals surface area contributed by atoms with Gasteiger partial charge in [-0.15, -0.1) is 13.2 Å². The molecule has 0 radical (unpaired) electrons. The number of nitrogens with zero attached hydrogens (tertiary/aromatic N) is 2. The Kier molecular flexibility index (Phi) is 7.98. The van der Waals surface area contributed by atoms with Crippen LogP contribution in [0.3, 0.4) is 0 Å². The highest BCUT2D eigenvalue weighted by molar-refractivity contribution is 6.37. The van der Waals surface area contributed by atoms with Crippen molar-refractivity contribution in [3.05, 3.63) is 167 Å². The highest BCUT2D eigenvalue weighted by Crippen LogP contribution is 2.41. The maximum absolute atomic E-state index is 14.1. The number of fused-ring (bicyclic) bond motifs is 2. The van der Waals surface area contributed by atoms with Gasteiger partial charge >= 0.3 is 0 Å². The van der Waals surface area contributed by atoms with Crippen molar-refractivity contribution in [3.63, 3.8) is 0 Å². The molecule has 240 valence electrons. The lowest BCUT2D eigenvalue weighted by Gasteiger charge is -2.21. The summed E-state index contributed by atoms with van der Waals surface area (Å²) in [4.78, 5) is 57.7. The Hall–Kier alpha value is -6.54. The van der Waals surface area contributed by atoms with Crippen LogP contribution in [0.1, 0.15) is 58.1 Å². The molecule has 0 saturated heterocycles. The van der Waals surface area contributed by atoms with Crippen molar-refractivity contribution in [1.29, 1.82) is 0 Å². The molecule has 0 fully saturated rings. The molecule has 0 saturated carbocycles. The number of amides is 4. The Morgan fingerprint density at radius 1 is 0.551 bits per heavy atom. The lowest BCUT2D eigenvalue weighted by atomic mass is 10.1. The summed E-state index contributed by atoms with van der Waals surface area (Å²) < 4.78 is 12.4. The minimum Gasteiger partial charge on any atom is -0.456 e. The quantitative estimate of drug-likeness (QED) is 0.111. The molecule has 7 rings (SSSR count). The van der Waals surface area contributed by atoms with Crippen LogP contribution in [0.5, 0.6) is 23.0 Å². The molecule has 5 aromatic rings. The third-order valence-corrected chi connectivity index (χ3v) is 8.56. The number of hydrogen-bond donors (Lipinski definition) is 0. The summed E-state index contributed by atoms with van der Waals surface area (Å²) >= 11 is 0. The molecule has 2 heterocycles. The number of carbonyl (C=O) groups excluding carboxylic acids is 4. The fourth-order valence-electron chi connectivity index (χ4n) is 6.20. The van der Waals surface area contributed by atoms with Crippen LogP contribution in [-0.2, 0) is 12.8 Å². The van der Waals surface area contributed by atoms with Gasteiger partial charge in [0.05, 0.1) is 33.6 Å². The van der Waals surface area contributed by atoms with Crippen LogP contribution in [0.2, 0.25) is 0 Å². The molecule has 0 atom stereocenters. The third kappa shape index (κ3) is 5.29. The molecule has 2 aliphatic rings. The van der Waals surface area contributed by atoms with Crippen molar-refractivity contribution >= 4 is 35.0 Å². The van der Waals surface area contributed by atoms with E-state index < -0.39 is 23.6 Å². The normalized spacial score (nSPS) is 13.4. The Morgan fingerprint density at radius 2 is 1.02 bits per heavy atom. The minimum absolute atomic E-state index is 0.127. The zero-order valence-corrected chi connectivity index (χ0v) is 26.6. The summed E-state index contributed by atoms with van der Waals surface area (Å²) in [6.07, 6.45) is 4.64. The van der Waals surface area contributed by atoms with E-state index >= 15 is 0 Å². The molecule has 0 aliphatic carbocycles. The highest BCUT2D eigenvalue weighted by atomic mass is 16.5. The van der Waals surface area contributed by atoms with Crippen LogP contribution in [0.25, 0.3) is 0 Å². The molecule has 0 N–H and O–H groups in total. The zero-order valence-electron chi connectivity index (χ0n) is 26.6. The molecular weight excluding hydrogens is 616 g/mol. The van der Waals surface area contributed by atoms with E-state index in [9.17, 15) is 19.2 Å². The molecule has 8 heteroatoms. The number of aryl methyl sites for hydroxylation is 1. The number of carbonyl (C=O) groups is 4. The van der Waals surface area contributed by atoms with Gasteiger partial charge in [-0.2, -0.15) is 0 Å². The minimum atomic E-state index is -0.581. The van der Waals surface area contributed by atoms with Gasteiger partial charge in [0.25, 0.3) is 23.6 Å². The maximum atomic E-state index is 14.1. The van der Waals surface area contributed by atoms with Gasteiger partial charge in [0, 0.05) is 0 Å². The van der Waals surface area contributed by atoms with Gasteiger partial charge in [0.15, 0.2) is 0 Å². The molecule has 0 spiro atoms. The second-order valence-corrected chi connectivity index (χ2v) is 11.6. The van der Waals surface area contributed by atoms with E-state index in [1.54, 1.807) is 79.7 Å². The summed E-state index contributed by atoms with van der Waals surface area (Å²) in [5.74, 6) is -0.666. The lowest BCUT2D eigenvalue weighted by molar-refractivity contribution is 0.0911. The standard InChI is InChI=1S/C41H30N2O6/c1-4-12-26-14-6-8-18-32(26)48-34-20-10-16-29-36(34)40(46)42(38(29)44)28-23-22-25(3)31(24-28)43-39(45)30-17-11-21-35(37(30)41(43)47)49-33-19-9-7-15-27(33)13-5-2/h4-11,14-24H,1-2,12-13H2,3H3. The summed E-state index contributed by atoms with van der Waals surface area (Å²) in [7, 11) is 0. The topological polar surface area (TPSA) is 93.2 Å². The molecule has 2 aliphatic heterocycles. The van der Waals surface area contributed by atoms with Crippen molar-refractivity contribution in [2.24, 2.45) is 0 Å². The van der Waals surface area contributed by atoms with Gasteiger partial charge in [0.1, 0.15) is 23.0 Å². The van der Waals surface area contributed by atoms with Crippen LogP contribution in [0.4, 0.5) is 11.4 Å². The number of allylic oxidation sites excluding steroid dienone is 2. The number of ether oxygens (including phenoxy) is 2. The number of para-hydroxylation sites is 2. The monoisotopic (exact) mass is 646 g/mol. The smallest absolute Gasteiger partial charge is 0.269 e. The van der Waals surface area contributed by atoms with Gasteiger partial charge in [-0.05, 0) is 85.0 Å². The van der Waals surface area contributed by atoms with E-state index in [4.69, 9.17) is 9.47 Å². The molecule has 0 unspecified atom stereocenters. The first kappa shape index (κ1) is 31.1. The number of benzene rings is 5. The van der Waals surface area contributed by atoms with Crippen molar-refractivity contribution in [2.75, 3.05) is 9.80 Å². The van der Waals surface area contributed by atoms with E-state index in [0.717, 1.165) is 20.9 Å². The SMILES string of the molecule is C=CCc1ccccc1Oc1cccc2c1C(=O)N(c1ccc(C)c(N3C(=O)c4cccc(Oc5ccccc5CC=C)c4C3=O)c1)C2=O. The lowest BCUT2D eigenvalue weighted by Crippen LogP contribution is -2.32. The third-order valence-electron chi connectivity index (χ3n) is 8.56. The number of imide groups is 2. The second kappa shape index (κ2) is 12.6. The Bertz CT molecular complexity index is 2240. The molecule has 4 amide bonds. The van der Waals surface area contributed by atoms with Crippen LogP contribution in [0, 0.1) is 6.92 Å². The van der Waals surface area contributed by atoms with Crippen LogP contribution < -0.4 is 19.3 Å². The van der Waals surface area contributed by atoms with E-state index in [1.165, 1.54) is 6.07 Å². The summed E-state index contributed by atoms with van der Waals surface area (Å²) in [6.45, 7) is 9.36. The summed E-state index contributed by atoms with van der Waals surface area (Å²) in [5, 5.41) is 0. The van der Waals surface area contributed by atoms with E-state index in [2.05, 4.69) is 13.2 Å². The maximum Gasteiger partial charge on any atom is 0.269 e. The number of hydrogen-bond acceptors (Lipinski definition) is 6. The second-order valence-electron chi connectivity index (χ2n) is 11.6. The van der Waals surface area contributed by atoms with Crippen molar-refractivity contribution in [2.45, 2.75) is 19.8 Å². The van der Waals surface area contributed by atoms with E-state index in [1.807, 2.05) is 36.4 Å². The van der Waals surface area contributed by atoms with Crippen LogP contribution in [-0.4, -0.2) is 23.6 Å². The Morgan fingerprint density at radius 3 is 1.55 bits per heavy atom. The predicted octanol–water partition coefficient (Wildman–Crippen LogP) is 8.64. The largest absolute Gasteiger partial charge is 0.456 e. The average molecular weight is 647 g/mol. The summed E-state index contributed by atoms with van der Waals surface area (Å²) in [6, 6.07) is 29.4. The van der Waals surface area contributed by atoms with Gasteiger partial charge < -0.3 is 9.47 Å². The van der Waals surface area contributed by atoms with Gasteiger partial charge in [-0.3, -0.25) is 19.2 Å². The first-order valence-electron chi connectivity index (χ1n) is 15.7. The first-order valence-corrected chi connectivity index (χ1v) is 15.7. The molecule has 49 heavy (non-hydrogen) atoms. The average Bonchev–Trinajstić information content (AvgIpc) is 3.52. The van der Waals surface area contributed by atoms with Crippen LogP contribution >= 0.6 is 0 Å². The van der Waals surface area contributed by atoms with Crippen molar-refractivity contribution in [1.82, 2.24) is 0 Å². The predicted molar refractivity (Wildman–Crippen MR) is 187 cm³/mol. The highest BCUT2D eigenvalue weighted by Gasteiger charge is 2.42. The van der Waals surface area contributed by atoms with E-state index in [-0.39, 0.29) is 45.1 Å². The van der Waals surface area contributed by atoms with Crippen molar-refractivity contribution < 1.29 is 28.7 Å². The Labute approximate surface area is 283 Å². The zero-order chi connectivity index (χ0) is 34.2. The first-order chi connectivity index (χ1) is 23.8. The Balaban J connectivity index is 1.22. The molecule has 0 aromatic heterocycles. The number of anilines is 2. The van der Waals surface area contributed by atoms with Crippen LogP contribution in [0.15, 0.2) is 128 Å². The summed E-state index contributed by atoms with van der Waals surface area (Å²) in [5.41, 5.74) is 3.43. The fraction of sp³-hybridized carbons (Fsp3) is 0.0732. The molecule has 5 aromatic carbocycles. The molecule has 0 bridgehead atoms. The van der Waals surface area contributed by atoms with Gasteiger partial charge in [-0.1, -0.05) is 66.7 Å². The number of rotatable bonds is 10.